The van der Waals surface area contributed by atoms with Crippen molar-refractivity contribution in [3.05, 3.63) is 44.4 Å². The van der Waals surface area contributed by atoms with Gasteiger partial charge in [-0.2, -0.15) is 0 Å². The van der Waals surface area contributed by atoms with Crippen LogP contribution in [0.1, 0.15) is 6.92 Å². The van der Waals surface area contributed by atoms with Gasteiger partial charge >= 0.3 is 0 Å². The second-order valence-electron chi connectivity index (χ2n) is 3.90. The SMILES string of the molecule is CCNc1nc(Nc2c(Cl)cccc2Cl)c(Cl)cc1Cl. The average Bonchev–Trinajstić information content (AvgIpc) is 2.39. The summed E-state index contributed by atoms with van der Waals surface area (Å²) in [4.78, 5) is 4.34. The van der Waals surface area contributed by atoms with E-state index in [1.165, 1.54) is 0 Å². The first kappa shape index (κ1) is 15.5. The summed E-state index contributed by atoms with van der Waals surface area (Å²) in [5.41, 5.74) is 0.551. The van der Waals surface area contributed by atoms with Crippen molar-refractivity contribution in [3.63, 3.8) is 0 Å². The van der Waals surface area contributed by atoms with Gasteiger partial charge in [-0.25, -0.2) is 4.98 Å². The second-order valence-corrected chi connectivity index (χ2v) is 5.53. The van der Waals surface area contributed by atoms with E-state index in [2.05, 4.69) is 15.6 Å². The summed E-state index contributed by atoms with van der Waals surface area (Å²) in [6.45, 7) is 2.64. The third kappa shape index (κ3) is 3.41. The van der Waals surface area contributed by atoms with Crippen LogP contribution < -0.4 is 10.6 Å². The minimum atomic E-state index is 0.382. The minimum absolute atomic E-state index is 0.382. The van der Waals surface area contributed by atoms with E-state index in [-0.39, 0.29) is 0 Å². The molecule has 1 aromatic heterocycles. The Morgan fingerprint density at radius 3 is 2.15 bits per heavy atom. The predicted molar refractivity (Wildman–Crippen MR) is 88.2 cm³/mol. The zero-order chi connectivity index (χ0) is 14.7. The van der Waals surface area contributed by atoms with Gasteiger partial charge in [-0.3, -0.25) is 0 Å². The van der Waals surface area contributed by atoms with Gasteiger partial charge in [0.2, 0.25) is 0 Å². The van der Waals surface area contributed by atoms with Gasteiger partial charge in [0.1, 0.15) is 5.82 Å². The van der Waals surface area contributed by atoms with Gasteiger partial charge in [0.05, 0.1) is 25.8 Å². The molecule has 0 amide bonds. The summed E-state index contributed by atoms with van der Waals surface area (Å²) in [5.74, 6) is 0.978. The van der Waals surface area contributed by atoms with Gasteiger partial charge in [-0.05, 0) is 25.1 Å². The highest BCUT2D eigenvalue weighted by Gasteiger charge is 2.12. The van der Waals surface area contributed by atoms with E-state index in [0.717, 1.165) is 0 Å². The van der Waals surface area contributed by atoms with E-state index in [1.54, 1.807) is 24.3 Å². The highest BCUT2D eigenvalue weighted by molar-refractivity contribution is 6.40. The molecular weight excluding hydrogens is 340 g/mol. The average molecular weight is 351 g/mol. The lowest BCUT2D eigenvalue weighted by Gasteiger charge is -2.13. The lowest BCUT2D eigenvalue weighted by atomic mass is 10.3. The summed E-state index contributed by atoms with van der Waals surface area (Å²) < 4.78 is 0. The van der Waals surface area contributed by atoms with Crippen molar-refractivity contribution in [2.75, 3.05) is 17.2 Å². The Morgan fingerprint density at radius 1 is 0.950 bits per heavy atom. The Kier molecular flexibility index (Phi) is 5.22. The fraction of sp³-hybridized carbons (Fsp3) is 0.154. The number of pyridine rings is 1. The number of nitrogens with zero attached hydrogens (tertiary/aromatic N) is 1. The van der Waals surface area contributed by atoms with Crippen molar-refractivity contribution < 1.29 is 0 Å². The topological polar surface area (TPSA) is 37.0 Å². The molecule has 20 heavy (non-hydrogen) atoms. The van der Waals surface area contributed by atoms with Gasteiger partial charge in [0.15, 0.2) is 5.82 Å². The molecule has 0 saturated heterocycles. The molecule has 0 aliphatic carbocycles. The quantitative estimate of drug-likeness (QED) is 0.723. The Bertz CT molecular complexity index is 611. The minimum Gasteiger partial charge on any atom is -0.369 e. The maximum atomic E-state index is 6.13. The normalized spacial score (nSPS) is 10.4. The number of hydrogen-bond donors (Lipinski definition) is 2. The molecule has 2 N–H and O–H groups in total. The standard InChI is InChI=1S/C13H11Cl4N3/c1-2-18-12-9(16)6-10(17)13(20-12)19-11-7(14)4-3-5-8(11)15/h3-6H,2H2,1H3,(H2,18,19,20). The number of para-hydroxylation sites is 1. The fourth-order valence-corrected chi connectivity index (χ4v) is 2.55. The first-order valence-electron chi connectivity index (χ1n) is 5.84. The summed E-state index contributed by atoms with van der Waals surface area (Å²) in [7, 11) is 0. The monoisotopic (exact) mass is 349 g/mol. The fourth-order valence-electron chi connectivity index (χ4n) is 1.58. The highest BCUT2D eigenvalue weighted by atomic mass is 35.5. The molecule has 106 valence electrons. The van der Waals surface area contributed by atoms with Crippen LogP contribution >= 0.6 is 46.4 Å². The van der Waals surface area contributed by atoms with Gasteiger partial charge in [-0.15, -0.1) is 0 Å². The van der Waals surface area contributed by atoms with Crippen molar-refractivity contribution >= 4 is 63.7 Å². The summed E-state index contributed by atoms with van der Waals surface area (Å²) in [5, 5.41) is 7.88. The molecule has 0 fully saturated rings. The zero-order valence-electron chi connectivity index (χ0n) is 10.5. The molecule has 2 aromatic rings. The molecule has 0 bridgehead atoms. The maximum absolute atomic E-state index is 6.13. The molecule has 0 aliphatic rings. The van der Waals surface area contributed by atoms with Gasteiger partial charge < -0.3 is 10.6 Å². The number of nitrogens with one attached hydrogen (secondary N) is 2. The molecule has 0 radical (unpaired) electrons. The van der Waals surface area contributed by atoms with Crippen LogP contribution in [0.4, 0.5) is 17.3 Å². The van der Waals surface area contributed by atoms with Crippen LogP contribution in [0.5, 0.6) is 0 Å². The Morgan fingerprint density at radius 2 is 1.55 bits per heavy atom. The number of halogens is 4. The van der Waals surface area contributed by atoms with Crippen LogP contribution in [0.2, 0.25) is 20.1 Å². The van der Waals surface area contributed by atoms with Crippen molar-refractivity contribution in [2.45, 2.75) is 6.92 Å². The second kappa shape index (κ2) is 6.72. The lowest BCUT2D eigenvalue weighted by molar-refractivity contribution is 1.16. The van der Waals surface area contributed by atoms with Crippen molar-refractivity contribution in [2.24, 2.45) is 0 Å². The van der Waals surface area contributed by atoms with Crippen LogP contribution in [0.3, 0.4) is 0 Å². The molecule has 2 rings (SSSR count). The third-order valence-corrected chi connectivity index (χ3v) is 3.69. The molecule has 1 aromatic carbocycles. The molecular formula is C13H11Cl4N3. The van der Waals surface area contributed by atoms with Crippen molar-refractivity contribution in [3.8, 4) is 0 Å². The van der Waals surface area contributed by atoms with Crippen LogP contribution in [0.25, 0.3) is 0 Å². The molecule has 0 atom stereocenters. The molecule has 0 aliphatic heterocycles. The number of hydrogen-bond acceptors (Lipinski definition) is 3. The van der Waals surface area contributed by atoms with E-state index >= 15 is 0 Å². The number of anilines is 3. The molecule has 0 spiro atoms. The Balaban J connectivity index is 2.40. The van der Waals surface area contributed by atoms with Gasteiger partial charge in [0, 0.05) is 6.54 Å². The van der Waals surface area contributed by atoms with E-state index in [9.17, 15) is 0 Å². The lowest BCUT2D eigenvalue weighted by Crippen LogP contribution is -2.03. The third-order valence-electron chi connectivity index (χ3n) is 2.48. The Hall–Kier alpha value is -0.870. The molecule has 7 heteroatoms. The Labute approximate surface area is 137 Å². The molecule has 1 heterocycles. The summed E-state index contributed by atoms with van der Waals surface area (Å²) >= 11 is 24.4. The van der Waals surface area contributed by atoms with E-state index in [1.807, 2.05) is 6.92 Å². The van der Waals surface area contributed by atoms with Gasteiger partial charge in [0.25, 0.3) is 0 Å². The van der Waals surface area contributed by atoms with E-state index in [4.69, 9.17) is 46.4 Å². The van der Waals surface area contributed by atoms with E-state index in [0.29, 0.717) is 44.0 Å². The maximum Gasteiger partial charge on any atom is 0.151 e. The number of rotatable bonds is 4. The summed E-state index contributed by atoms with van der Waals surface area (Å²) in [6, 6.07) is 6.83. The highest BCUT2D eigenvalue weighted by Crippen LogP contribution is 2.36. The summed E-state index contributed by atoms with van der Waals surface area (Å²) in [6.07, 6.45) is 0. The first-order chi connectivity index (χ1) is 9.52. The number of aromatic nitrogens is 1. The smallest absolute Gasteiger partial charge is 0.151 e. The molecule has 3 nitrogen and oxygen atoms in total. The van der Waals surface area contributed by atoms with Crippen LogP contribution in [0.15, 0.2) is 24.3 Å². The van der Waals surface area contributed by atoms with Crippen LogP contribution in [-0.2, 0) is 0 Å². The largest absolute Gasteiger partial charge is 0.369 e. The van der Waals surface area contributed by atoms with Crippen molar-refractivity contribution in [1.29, 1.82) is 0 Å². The van der Waals surface area contributed by atoms with Crippen molar-refractivity contribution in [1.82, 2.24) is 4.98 Å². The first-order valence-corrected chi connectivity index (χ1v) is 7.35. The van der Waals surface area contributed by atoms with Gasteiger partial charge in [-0.1, -0.05) is 52.5 Å². The zero-order valence-corrected chi connectivity index (χ0v) is 13.5. The van der Waals surface area contributed by atoms with Crippen LogP contribution in [0, 0.1) is 0 Å². The molecule has 0 saturated carbocycles. The van der Waals surface area contributed by atoms with E-state index < -0.39 is 0 Å². The van der Waals surface area contributed by atoms with Crippen LogP contribution in [-0.4, -0.2) is 11.5 Å². The number of benzene rings is 1. The molecule has 0 unspecified atom stereocenters. The predicted octanol–water partition coefficient (Wildman–Crippen LogP) is 5.87.